The molecule has 0 aromatic carbocycles. The van der Waals surface area contributed by atoms with Crippen molar-refractivity contribution in [1.29, 1.82) is 0 Å². The molecule has 0 fully saturated rings. The molecule has 0 spiro atoms. The summed E-state index contributed by atoms with van der Waals surface area (Å²) in [6.07, 6.45) is -0.338. The van der Waals surface area contributed by atoms with Gasteiger partial charge in [-0.05, 0) is 11.6 Å². The Kier molecular flexibility index (Phi) is 4.27. The van der Waals surface area contributed by atoms with Gasteiger partial charge in [0.25, 0.3) is 0 Å². The van der Waals surface area contributed by atoms with Gasteiger partial charge in [-0.25, -0.2) is 15.8 Å². The monoisotopic (exact) mass is 220 g/mol. The molecule has 7 heteroatoms. The highest BCUT2D eigenvalue weighted by Gasteiger charge is 2.22. The molecule has 6 nitrogen and oxygen atoms in total. The van der Waals surface area contributed by atoms with Crippen molar-refractivity contribution >= 4 is 22.7 Å². The number of ether oxygens (including phenoxy) is 2. The Morgan fingerprint density at radius 2 is 2.21 bits per heavy atom. The van der Waals surface area contributed by atoms with Gasteiger partial charge in [-0.15, -0.1) is 0 Å². The van der Waals surface area contributed by atoms with E-state index in [0.29, 0.717) is 19.0 Å². The zero-order valence-electron chi connectivity index (χ0n) is 8.11. The molecule has 0 radical (unpaired) electrons. The normalized spacial score (nSPS) is 22.0. The molecule has 1 rings (SSSR count). The quantitative estimate of drug-likeness (QED) is 0.526. The van der Waals surface area contributed by atoms with Crippen LogP contribution in [-0.4, -0.2) is 49.7 Å². The minimum atomic E-state index is -0.338. The molecule has 0 amide bonds. The van der Waals surface area contributed by atoms with Gasteiger partial charge in [0.05, 0.1) is 6.61 Å². The Labute approximate surface area is 87.3 Å². The van der Waals surface area contributed by atoms with Crippen LogP contribution in [-0.2, 0) is 9.47 Å². The Bertz CT molecular complexity index is 256. The summed E-state index contributed by atoms with van der Waals surface area (Å²) < 4.78 is 9.84. The van der Waals surface area contributed by atoms with Gasteiger partial charge in [-0.3, -0.25) is 5.01 Å². The molecule has 0 saturated heterocycles. The van der Waals surface area contributed by atoms with Crippen LogP contribution in [0.25, 0.3) is 0 Å². The van der Waals surface area contributed by atoms with Crippen molar-refractivity contribution in [3.05, 3.63) is 0 Å². The number of hydrogen-bond acceptors (Lipinski definition) is 6. The number of nitrogens with two attached hydrogens (primary N) is 1. The van der Waals surface area contributed by atoms with E-state index in [1.807, 2.05) is 0 Å². The molecular formula is C7H13ClN4O2. The van der Waals surface area contributed by atoms with Crippen molar-refractivity contribution in [2.24, 2.45) is 15.8 Å². The van der Waals surface area contributed by atoms with Crippen molar-refractivity contribution in [1.82, 2.24) is 5.01 Å². The molecule has 1 atom stereocenters. The van der Waals surface area contributed by atoms with Crippen LogP contribution >= 0.6 is 11.6 Å². The zero-order valence-corrected chi connectivity index (χ0v) is 8.86. The fourth-order valence-electron chi connectivity index (χ4n) is 1.02. The molecule has 0 aromatic heterocycles. The number of methoxy groups -OCH3 is 2. The standard InChI is InChI=1S/C7H13ClN4O2/c1-13-3-5-10-6(4-14-2)12(9)7(8)11-5/h6H,3-4,9H2,1-2H3. The lowest BCUT2D eigenvalue weighted by Crippen LogP contribution is -2.48. The molecule has 0 aromatic rings. The van der Waals surface area contributed by atoms with Gasteiger partial charge in [0, 0.05) is 14.2 Å². The SMILES string of the molecule is COCC1=NC(COC)N(N)C(Cl)=N1. The second-order valence-corrected chi connectivity index (χ2v) is 3.04. The topological polar surface area (TPSA) is 72.4 Å². The van der Waals surface area contributed by atoms with Crippen molar-refractivity contribution in [2.45, 2.75) is 6.17 Å². The molecule has 1 heterocycles. The van der Waals surface area contributed by atoms with Crippen molar-refractivity contribution < 1.29 is 9.47 Å². The molecule has 1 aliphatic rings. The Morgan fingerprint density at radius 3 is 2.79 bits per heavy atom. The Balaban J connectivity index is 2.72. The minimum absolute atomic E-state index is 0.189. The van der Waals surface area contributed by atoms with Gasteiger partial charge in [0.1, 0.15) is 6.61 Å². The second kappa shape index (κ2) is 5.26. The largest absolute Gasteiger partial charge is 0.380 e. The first-order valence-corrected chi connectivity index (χ1v) is 4.39. The number of rotatable bonds is 4. The second-order valence-electron chi connectivity index (χ2n) is 2.70. The van der Waals surface area contributed by atoms with Crippen LogP contribution in [0.15, 0.2) is 9.98 Å². The van der Waals surface area contributed by atoms with E-state index in [1.165, 1.54) is 5.01 Å². The van der Waals surface area contributed by atoms with E-state index in [0.717, 1.165) is 0 Å². The third kappa shape index (κ3) is 2.65. The van der Waals surface area contributed by atoms with Crippen LogP contribution in [0, 0.1) is 0 Å². The molecule has 0 aliphatic carbocycles. The van der Waals surface area contributed by atoms with E-state index in [1.54, 1.807) is 14.2 Å². The fourth-order valence-corrected chi connectivity index (χ4v) is 1.23. The lowest BCUT2D eigenvalue weighted by molar-refractivity contribution is 0.131. The summed E-state index contributed by atoms with van der Waals surface area (Å²) >= 11 is 5.79. The van der Waals surface area contributed by atoms with E-state index >= 15 is 0 Å². The van der Waals surface area contributed by atoms with Gasteiger partial charge < -0.3 is 9.47 Å². The van der Waals surface area contributed by atoms with Crippen molar-refractivity contribution in [3.63, 3.8) is 0 Å². The van der Waals surface area contributed by atoms with E-state index in [-0.39, 0.29) is 11.5 Å². The predicted molar refractivity (Wildman–Crippen MR) is 54.3 cm³/mol. The van der Waals surface area contributed by atoms with Gasteiger partial charge in [-0.1, -0.05) is 0 Å². The summed E-state index contributed by atoms with van der Waals surface area (Å²) in [4.78, 5) is 8.13. The Hall–Kier alpha value is -0.690. The maximum absolute atomic E-state index is 5.79. The lowest BCUT2D eigenvalue weighted by atomic mass is 10.4. The number of amidine groups is 2. The van der Waals surface area contributed by atoms with Crippen LogP contribution in [0.4, 0.5) is 0 Å². The molecule has 2 N–H and O–H groups in total. The fraction of sp³-hybridized carbons (Fsp3) is 0.714. The summed E-state index contributed by atoms with van der Waals surface area (Å²) in [6, 6.07) is 0. The van der Waals surface area contributed by atoms with Crippen LogP contribution < -0.4 is 5.84 Å². The van der Waals surface area contributed by atoms with Gasteiger partial charge >= 0.3 is 0 Å². The number of nitrogens with zero attached hydrogens (tertiary/aromatic N) is 3. The molecule has 0 saturated carbocycles. The van der Waals surface area contributed by atoms with E-state index in [4.69, 9.17) is 26.9 Å². The maximum atomic E-state index is 5.79. The summed E-state index contributed by atoms with van der Waals surface area (Å²) in [7, 11) is 3.13. The van der Waals surface area contributed by atoms with E-state index < -0.39 is 0 Å². The van der Waals surface area contributed by atoms with Crippen molar-refractivity contribution in [2.75, 3.05) is 27.4 Å². The summed E-state index contributed by atoms with van der Waals surface area (Å²) in [5.41, 5.74) is 0. The zero-order chi connectivity index (χ0) is 10.6. The molecule has 80 valence electrons. The number of halogens is 1. The molecular weight excluding hydrogens is 208 g/mol. The molecule has 14 heavy (non-hydrogen) atoms. The van der Waals surface area contributed by atoms with Crippen molar-refractivity contribution in [3.8, 4) is 0 Å². The summed E-state index contributed by atoms with van der Waals surface area (Å²) in [6.45, 7) is 0.666. The molecule has 1 aliphatic heterocycles. The number of hydrogen-bond donors (Lipinski definition) is 1. The third-order valence-corrected chi connectivity index (χ3v) is 1.92. The van der Waals surface area contributed by atoms with Crippen LogP contribution in [0.1, 0.15) is 0 Å². The highest BCUT2D eigenvalue weighted by atomic mass is 35.5. The highest BCUT2D eigenvalue weighted by Crippen LogP contribution is 2.08. The number of aliphatic imine (C=N–C) groups is 2. The average Bonchev–Trinajstić information content (AvgIpc) is 2.14. The average molecular weight is 221 g/mol. The minimum Gasteiger partial charge on any atom is -0.380 e. The summed E-state index contributed by atoms with van der Waals surface area (Å²) in [5, 5.41) is 1.44. The Morgan fingerprint density at radius 1 is 1.50 bits per heavy atom. The third-order valence-electron chi connectivity index (χ3n) is 1.64. The molecule has 1 unspecified atom stereocenters. The van der Waals surface area contributed by atoms with Crippen LogP contribution in [0.3, 0.4) is 0 Å². The van der Waals surface area contributed by atoms with Crippen LogP contribution in [0.2, 0.25) is 0 Å². The first-order chi connectivity index (χ1) is 6.69. The van der Waals surface area contributed by atoms with Gasteiger partial charge in [0.2, 0.25) is 5.29 Å². The van der Waals surface area contributed by atoms with Gasteiger partial charge in [0.15, 0.2) is 12.0 Å². The lowest BCUT2D eigenvalue weighted by Gasteiger charge is -2.27. The first-order valence-electron chi connectivity index (χ1n) is 4.01. The summed E-state index contributed by atoms with van der Waals surface area (Å²) in [5.74, 6) is 6.12. The van der Waals surface area contributed by atoms with Crippen LogP contribution in [0.5, 0.6) is 0 Å². The van der Waals surface area contributed by atoms with Gasteiger partial charge in [-0.2, -0.15) is 0 Å². The van der Waals surface area contributed by atoms with E-state index in [9.17, 15) is 0 Å². The maximum Gasteiger partial charge on any atom is 0.216 e. The predicted octanol–water partition coefficient (Wildman–Crippen LogP) is -0.212. The smallest absolute Gasteiger partial charge is 0.216 e. The first kappa shape index (κ1) is 11.4. The highest BCUT2D eigenvalue weighted by molar-refractivity contribution is 6.65. The van der Waals surface area contributed by atoms with E-state index in [2.05, 4.69) is 9.98 Å². The number of hydrazine groups is 1. The molecule has 0 bridgehead atoms.